The van der Waals surface area contributed by atoms with E-state index in [0.29, 0.717) is 36.0 Å². The second-order valence-electron chi connectivity index (χ2n) is 11.8. The molecule has 0 aliphatic heterocycles. The van der Waals surface area contributed by atoms with Crippen molar-refractivity contribution < 1.29 is 19.8 Å². The summed E-state index contributed by atoms with van der Waals surface area (Å²) >= 11 is 0. The fourth-order valence-electron chi connectivity index (χ4n) is 9.06. The van der Waals surface area contributed by atoms with Gasteiger partial charge in [0.25, 0.3) is 0 Å². The zero-order valence-corrected chi connectivity index (χ0v) is 18.8. The molecule has 29 heavy (non-hydrogen) atoms. The van der Waals surface area contributed by atoms with Crippen molar-refractivity contribution in [3.8, 4) is 0 Å². The Balaban J connectivity index is 1.44. The van der Waals surface area contributed by atoms with E-state index in [1.54, 1.807) is 0 Å². The van der Waals surface area contributed by atoms with E-state index in [1.807, 2.05) is 0 Å². The number of aliphatic hydroxyl groups is 2. The summed E-state index contributed by atoms with van der Waals surface area (Å²) in [7, 11) is 0. The van der Waals surface area contributed by atoms with Crippen LogP contribution in [-0.4, -0.2) is 22.4 Å². The van der Waals surface area contributed by atoms with Crippen molar-refractivity contribution in [3.63, 3.8) is 0 Å². The molecule has 4 rings (SSSR count). The van der Waals surface area contributed by atoms with Crippen LogP contribution in [0.2, 0.25) is 0 Å². The molecule has 0 amide bonds. The standard InChI is InChI=1S/C27H48O2/c1-17(2)7-6-8-18(3)21-9-10-22-20-16-25(29)24-15-19(28)11-13-27(24,5)23(20)12-14-26(21,22)4/h17-25,28-29H,6-16H2,1-5H3/t18-,19?,20+,21-,22+,23+,24-,25+,26-,27-/m1/s1/i1D3,2D3,17D. The summed E-state index contributed by atoms with van der Waals surface area (Å²) < 4.78 is 54.5. The highest BCUT2D eigenvalue weighted by Crippen LogP contribution is 2.68. The van der Waals surface area contributed by atoms with Crippen LogP contribution in [0.25, 0.3) is 0 Å². The van der Waals surface area contributed by atoms with Crippen LogP contribution in [0, 0.1) is 52.2 Å². The molecule has 2 nitrogen and oxygen atoms in total. The highest BCUT2D eigenvalue weighted by Gasteiger charge is 2.62. The Kier molecular flexibility index (Phi) is 4.17. The van der Waals surface area contributed by atoms with Crippen molar-refractivity contribution in [2.75, 3.05) is 0 Å². The van der Waals surface area contributed by atoms with Gasteiger partial charge in [-0.25, -0.2) is 0 Å². The van der Waals surface area contributed by atoms with E-state index in [1.165, 1.54) is 12.8 Å². The number of fused-ring (bicyclic) bond motifs is 5. The van der Waals surface area contributed by atoms with Crippen molar-refractivity contribution >= 4 is 0 Å². The van der Waals surface area contributed by atoms with Gasteiger partial charge < -0.3 is 10.2 Å². The molecule has 2 N–H and O–H groups in total. The monoisotopic (exact) mass is 411 g/mol. The molecular weight excluding hydrogens is 356 g/mol. The molecule has 0 bridgehead atoms. The first-order chi connectivity index (χ1) is 16.5. The Morgan fingerprint density at radius 2 is 1.66 bits per heavy atom. The molecule has 0 heterocycles. The summed E-state index contributed by atoms with van der Waals surface area (Å²) in [6.07, 6.45) is 8.47. The predicted octanol–water partition coefficient (Wildman–Crippen LogP) is 6.44. The lowest BCUT2D eigenvalue weighted by atomic mass is 9.44. The smallest absolute Gasteiger partial charge is 0.0577 e. The summed E-state index contributed by atoms with van der Waals surface area (Å²) in [5, 5.41) is 21.5. The van der Waals surface area contributed by atoms with Gasteiger partial charge in [0.05, 0.1) is 12.2 Å². The first-order valence-corrected chi connectivity index (χ1v) is 12.3. The van der Waals surface area contributed by atoms with E-state index in [0.717, 1.165) is 44.9 Å². The second kappa shape index (κ2) is 8.12. The van der Waals surface area contributed by atoms with Gasteiger partial charge in [0, 0.05) is 9.60 Å². The quantitative estimate of drug-likeness (QED) is 0.546. The van der Waals surface area contributed by atoms with Gasteiger partial charge in [-0.1, -0.05) is 53.7 Å². The summed E-state index contributed by atoms with van der Waals surface area (Å²) in [5.41, 5.74) is 0.290. The topological polar surface area (TPSA) is 40.5 Å². The summed E-state index contributed by atoms with van der Waals surface area (Å²) in [6.45, 7) is 1.37. The maximum atomic E-state index is 11.2. The van der Waals surface area contributed by atoms with Crippen molar-refractivity contribution in [1.29, 1.82) is 0 Å². The molecule has 168 valence electrons. The number of aliphatic hydroxyl groups excluding tert-OH is 2. The third-order valence-corrected chi connectivity index (χ3v) is 10.5. The van der Waals surface area contributed by atoms with E-state index in [9.17, 15) is 10.2 Å². The number of hydrogen-bond donors (Lipinski definition) is 2. The second-order valence-corrected chi connectivity index (χ2v) is 11.8. The van der Waals surface area contributed by atoms with Gasteiger partial charge in [-0.2, -0.15) is 0 Å². The van der Waals surface area contributed by atoms with Gasteiger partial charge in [0.1, 0.15) is 0 Å². The third-order valence-electron chi connectivity index (χ3n) is 10.5. The van der Waals surface area contributed by atoms with E-state index >= 15 is 0 Å². The molecule has 1 unspecified atom stereocenters. The minimum absolute atomic E-state index is 0.106. The van der Waals surface area contributed by atoms with Crippen LogP contribution in [0.5, 0.6) is 0 Å². The zero-order chi connectivity index (χ0) is 26.9. The SMILES string of the molecule is [2H]C([2H])([2H])C([2H])(CCC[C@@H](C)[C@H]1CC[C@H]2[C@@H]3C[C@H](O)[C@H]4CC(O)CC[C@]4(C)[C@H]3CC[C@]12C)C([2H])([2H])[2H]. The van der Waals surface area contributed by atoms with E-state index in [2.05, 4.69) is 20.8 Å². The van der Waals surface area contributed by atoms with Crippen molar-refractivity contribution in [3.05, 3.63) is 0 Å². The van der Waals surface area contributed by atoms with E-state index in [4.69, 9.17) is 9.60 Å². The van der Waals surface area contributed by atoms with Crippen LogP contribution in [0.1, 0.15) is 115 Å². The summed E-state index contributed by atoms with van der Waals surface area (Å²) in [6, 6.07) is 0. The first-order valence-electron chi connectivity index (χ1n) is 15.8. The van der Waals surface area contributed by atoms with Gasteiger partial charge >= 0.3 is 0 Å². The lowest BCUT2D eigenvalue weighted by Crippen LogP contribution is -2.58. The molecule has 10 atom stereocenters. The molecule has 0 aromatic heterocycles. The Hall–Kier alpha value is -0.0800. The highest BCUT2D eigenvalue weighted by molar-refractivity contribution is 5.11. The van der Waals surface area contributed by atoms with Gasteiger partial charge in [-0.3, -0.25) is 0 Å². The minimum Gasteiger partial charge on any atom is -0.393 e. The third kappa shape index (κ3) is 3.73. The van der Waals surface area contributed by atoms with E-state index in [-0.39, 0.29) is 35.4 Å². The Morgan fingerprint density at radius 3 is 2.41 bits per heavy atom. The zero-order valence-electron chi connectivity index (χ0n) is 25.8. The molecule has 0 aromatic carbocycles. The van der Waals surface area contributed by atoms with Gasteiger partial charge in [0.15, 0.2) is 0 Å². The molecule has 0 saturated heterocycles. The van der Waals surface area contributed by atoms with E-state index < -0.39 is 19.6 Å². The normalized spacial score (nSPS) is 55.5. The first kappa shape index (κ1) is 14.9. The van der Waals surface area contributed by atoms with Crippen LogP contribution in [0.4, 0.5) is 0 Å². The minimum atomic E-state index is -2.84. The lowest BCUT2D eigenvalue weighted by Gasteiger charge is -2.62. The molecule has 4 aliphatic rings. The maximum absolute atomic E-state index is 11.2. The molecular formula is C27H48O2. The van der Waals surface area contributed by atoms with Crippen molar-refractivity contribution in [1.82, 2.24) is 0 Å². The Labute approximate surface area is 190 Å². The maximum Gasteiger partial charge on any atom is 0.0577 e. The summed E-state index contributed by atoms with van der Waals surface area (Å²) in [5.74, 6) is 0.313. The molecule has 0 spiro atoms. The molecule has 0 radical (unpaired) electrons. The van der Waals surface area contributed by atoms with Gasteiger partial charge in [-0.15, -0.1) is 0 Å². The highest BCUT2D eigenvalue weighted by atomic mass is 16.3. The summed E-state index contributed by atoms with van der Waals surface area (Å²) in [4.78, 5) is 0. The molecule has 4 saturated carbocycles. The fourth-order valence-corrected chi connectivity index (χ4v) is 9.06. The van der Waals surface area contributed by atoms with Crippen molar-refractivity contribution in [2.24, 2.45) is 52.2 Å². The van der Waals surface area contributed by atoms with Gasteiger partial charge in [-0.05, 0) is 104 Å². The number of rotatable bonds is 5. The molecule has 4 aliphatic carbocycles. The Bertz CT molecular complexity index is 784. The molecule has 2 heteroatoms. The van der Waals surface area contributed by atoms with Crippen molar-refractivity contribution in [2.45, 2.75) is 117 Å². The van der Waals surface area contributed by atoms with Crippen LogP contribution in [0.3, 0.4) is 0 Å². The molecule has 4 fully saturated rings. The molecule has 0 aromatic rings. The number of hydrogen-bond acceptors (Lipinski definition) is 2. The fraction of sp³-hybridized carbons (Fsp3) is 1.00. The van der Waals surface area contributed by atoms with Crippen LogP contribution < -0.4 is 0 Å². The average molecular weight is 412 g/mol. The van der Waals surface area contributed by atoms with Crippen LogP contribution in [0.15, 0.2) is 0 Å². The lowest BCUT2D eigenvalue weighted by molar-refractivity contribution is -0.172. The predicted molar refractivity (Wildman–Crippen MR) is 120 cm³/mol. The van der Waals surface area contributed by atoms with Crippen LogP contribution >= 0.6 is 0 Å². The Morgan fingerprint density at radius 1 is 0.931 bits per heavy atom. The van der Waals surface area contributed by atoms with Crippen LogP contribution in [-0.2, 0) is 0 Å². The van der Waals surface area contributed by atoms with Gasteiger partial charge in [0.2, 0.25) is 0 Å². The average Bonchev–Trinajstić information content (AvgIpc) is 3.11. The largest absolute Gasteiger partial charge is 0.393 e.